The largest absolute Gasteiger partial charge is 0.475 e. The Kier molecular flexibility index (Phi) is 5.39. The summed E-state index contributed by atoms with van der Waals surface area (Å²) < 4.78 is 10.4. The Labute approximate surface area is 146 Å². The lowest BCUT2D eigenvalue weighted by molar-refractivity contribution is 0.143. The number of ether oxygens (including phenoxy) is 2. The van der Waals surface area contributed by atoms with Crippen molar-refractivity contribution in [2.45, 2.75) is 6.54 Å². The minimum Gasteiger partial charge on any atom is -0.475 e. The van der Waals surface area contributed by atoms with Crippen LogP contribution in [0.5, 0.6) is 5.88 Å². The number of hydrogen-bond acceptors (Lipinski definition) is 6. The van der Waals surface area contributed by atoms with E-state index in [-0.39, 0.29) is 0 Å². The summed E-state index contributed by atoms with van der Waals surface area (Å²) in [6, 6.07) is 15.4. The molecular weight excluding hydrogens is 316 g/mol. The highest BCUT2D eigenvalue weighted by Gasteiger charge is 2.05. The first-order chi connectivity index (χ1) is 12.3. The Hall–Kier alpha value is -3.17. The molecule has 2 aromatic heterocycles. The van der Waals surface area contributed by atoms with E-state index in [4.69, 9.17) is 9.47 Å². The van der Waals surface area contributed by atoms with Gasteiger partial charge in [-0.2, -0.15) is 5.26 Å². The summed E-state index contributed by atoms with van der Waals surface area (Å²) in [6.45, 7) is 1.56. The summed E-state index contributed by atoms with van der Waals surface area (Å²) in [4.78, 5) is 8.80. The Balaban J connectivity index is 1.67. The van der Waals surface area contributed by atoms with Crippen molar-refractivity contribution < 1.29 is 9.47 Å². The number of pyridine rings is 2. The minimum absolute atomic E-state index is 0.471. The lowest BCUT2D eigenvalue weighted by Gasteiger charge is -2.09. The summed E-state index contributed by atoms with van der Waals surface area (Å²) in [6.07, 6.45) is 1.75. The van der Waals surface area contributed by atoms with Gasteiger partial charge >= 0.3 is 0 Å². The van der Waals surface area contributed by atoms with E-state index in [2.05, 4.69) is 21.4 Å². The number of benzene rings is 1. The molecule has 0 radical (unpaired) electrons. The average Bonchev–Trinajstić information content (AvgIpc) is 2.67. The van der Waals surface area contributed by atoms with E-state index in [1.165, 1.54) is 0 Å². The molecule has 0 amide bonds. The molecule has 2 heterocycles. The molecule has 0 unspecified atom stereocenters. The lowest BCUT2D eigenvalue weighted by Crippen LogP contribution is -2.06. The molecule has 25 heavy (non-hydrogen) atoms. The molecule has 3 rings (SSSR count). The quantitative estimate of drug-likeness (QED) is 0.669. The average molecular weight is 334 g/mol. The van der Waals surface area contributed by atoms with Crippen LogP contribution in [0.25, 0.3) is 10.9 Å². The summed E-state index contributed by atoms with van der Waals surface area (Å²) in [7, 11) is 1.63. The van der Waals surface area contributed by atoms with Crippen LogP contribution in [0, 0.1) is 11.3 Å². The van der Waals surface area contributed by atoms with E-state index in [1.54, 1.807) is 19.4 Å². The van der Waals surface area contributed by atoms with Crippen LogP contribution in [0.3, 0.4) is 0 Å². The number of fused-ring (bicyclic) bond motifs is 1. The van der Waals surface area contributed by atoms with Gasteiger partial charge in [-0.25, -0.2) is 9.97 Å². The summed E-state index contributed by atoms with van der Waals surface area (Å²) in [5.41, 5.74) is 2.39. The van der Waals surface area contributed by atoms with Gasteiger partial charge in [0, 0.05) is 31.3 Å². The maximum Gasteiger partial charge on any atom is 0.213 e. The molecule has 0 aliphatic rings. The van der Waals surface area contributed by atoms with Crippen molar-refractivity contribution in [3.63, 3.8) is 0 Å². The van der Waals surface area contributed by atoms with Crippen LogP contribution in [0.2, 0.25) is 0 Å². The summed E-state index contributed by atoms with van der Waals surface area (Å²) >= 11 is 0. The second kappa shape index (κ2) is 8.08. The van der Waals surface area contributed by atoms with Crippen LogP contribution in [0.4, 0.5) is 5.82 Å². The summed E-state index contributed by atoms with van der Waals surface area (Å²) in [5.74, 6) is 1.23. The number of anilines is 1. The Morgan fingerprint density at radius 3 is 2.80 bits per heavy atom. The van der Waals surface area contributed by atoms with E-state index < -0.39 is 0 Å². The topological polar surface area (TPSA) is 80.1 Å². The SMILES string of the molecule is COCCOc1ccc(CNc2cc(C#N)c3ccccc3n2)cn1. The molecule has 6 heteroatoms. The van der Waals surface area contributed by atoms with Gasteiger partial charge in [-0.05, 0) is 17.7 Å². The molecule has 3 aromatic rings. The zero-order valence-electron chi connectivity index (χ0n) is 13.9. The van der Waals surface area contributed by atoms with Crippen LogP contribution in [0.15, 0.2) is 48.7 Å². The smallest absolute Gasteiger partial charge is 0.213 e. The number of nitrogens with zero attached hydrogens (tertiary/aromatic N) is 3. The van der Waals surface area contributed by atoms with Crippen molar-refractivity contribution in [2.24, 2.45) is 0 Å². The molecule has 0 fully saturated rings. The first-order valence-corrected chi connectivity index (χ1v) is 7.90. The Bertz CT molecular complexity index is 888. The number of para-hydroxylation sites is 1. The molecule has 126 valence electrons. The molecule has 0 aliphatic heterocycles. The highest BCUT2D eigenvalue weighted by atomic mass is 16.5. The monoisotopic (exact) mass is 334 g/mol. The maximum atomic E-state index is 9.33. The van der Waals surface area contributed by atoms with Gasteiger partial charge in [-0.15, -0.1) is 0 Å². The van der Waals surface area contributed by atoms with E-state index in [0.29, 0.717) is 37.0 Å². The highest BCUT2D eigenvalue weighted by Crippen LogP contribution is 2.20. The van der Waals surface area contributed by atoms with Crippen molar-refractivity contribution >= 4 is 16.7 Å². The Morgan fingerprint density at radius 2 is 2.04 bits per heavy atom. The molecule has 0 atom stereocenters. The van der Waals surface area contributed by atoms with Gasteiger partial charge < -0.3 is 14.8 Å². The second-order valence-corrected chi connectivity index (χ2v) is 5.38. The highest BCUT2D eigenvalue weighted by molar-refractivity contribution is 5.86. The third-order valence-corrected chi connectivity index (χ3v) is 3.65. The fraction of sp³-hybridized carbons (Fsp3) is 0.211. The van der Waals surface area contributed by atoms with Gasteiger partial charge in [-0.1, -0.05) is 24.3 Å². The van der Waals surface area contributed by atoms with Crippen molar-refractivity contribution in [3.05, 3.63) is 59.8 Å². The molecule has 0 spiro atoms. The van der Waals surface area contributed by atoms with Crippen LogP contribution in [0.1, 0.15) is 11.1 Å². The van der Waals surface area contributed by atoms with Gasteiger partial charge in [0.2, 0.25) is 5.88 Å². The molecule has 6 nitrogen and oxygen atoms in total. The summed E-state index contributed by atoms with van der Waals surface area (Å²) in [5, 5.41) is 13.4. The molecule has 0 bridgehead atoms. The van der Waals surface area contributed by atoms with E-state index in [0.717, 1.165) is 16.5 Å². The third-order valence-electron chi connectivity index (χ3n) is 3.65. The third kappa shape index (κ3) is 4.22. The number of aromatic nitrogens is 2. The Morgan fingerprint density at radius 1 is 1.16 bits per heavy atom. The number of methoxy groups -OCH3 is 1. The predicted molar refractivity (Wildman–Crippen MR) is 95.4 cm³/mol. The van der Waals surface area contributed by atoms with E-state index in [9.17, 15) is 5.26 Å². The van der Waals surface area contributed by atoms with E-state index >= 15 is 0 Å². The predicted octanol–water partition coefficient (Wildman–Crippen LogP) is 3.14. The number of rotatable bonds is 7. The molecule has 0 saturated carbocycles. The van der Waals surface area contributed by atoms with Gasteiger partial charge in [0.1, 0.15) is 12.4 Å². The van der Waals surface area contributed by atoms with Gasteiger partial charge in [0.15, 0.2) is 0 Å². The normalized spacial score (nSPS) is 10.4. The zero-order chi connectivity index (χ0) is 17.5. The molecule has 0 aliphatic carbocycles. The van der Waals surface area contributed by atoms with Crippen molar-refractivity contribution in [2.75, 3.05) is 25.6 Å². The fourth-order valence-electron chi connectivity index (χ4n) is 2.38. The van der Waals surface area contributed by atoms with Crippen molar-refractivity contribution in [3.8, 4) is 11.9 Å². The van der Waals surface area contributed by atoms with Crippen LogP contribution in [-0.4, -0.2) is 30.3 Å². The van der Waals surface area contributed by atoms with E-state index in [1.807, 2.05) is 36.4 Å². The first-order valence-electron chi connectivity index (χ1n) is 7.90. The second-order valence-electron chi connectivity index (χ2n) is 5.38. The number of hydrogen-bond donors (Lipinski definition) is 1. The number of nitriles is 1. The number of nitrogens with one attached hydrogen (secondary N) is 1. The molecule has 1 N–H and O–H groups in total. The minimum atomic E-state index is 0.471. The van der Waals surface area contributed by atoms with Crippen molar-refractivity contribution in [1.82, 2.24) is 9.97 Å². The van der Waals surface area contributed by atoms with Gasteiger partial charge in [-0.3, -0.25) is 0 Å². The lowest BCUT2D eigenvalue weighted by atomic mass is 10.1. The molecular formula is C19H18N4O2. The molecule has 1 aromatic carbocycles. The standard InChI is InChI=1S/C19H18N4O2/c1-24-8-9-25-19-7-6-14(13-22-19)12-21-18-10-15(11-20)16-4-2-3-5-17(16)23-18/h2-7,10,13H,8-9,12H2,1H3,(H,21,23). The first kappa shape index (κ1) is 16.7. The maximum absolute atomic E-state index is 9.33. The van der Waals surface area contributed by atoms with Crippen molar-refractivity contribution in [1.29, 1.82) is 5.26 Å². The van der Waals surface area contributed by atoms with Gasteiger partial charge in [0.25, 0.3) is 0 Å². The van der Waals surface area contributed by atoms with Crippen LogP contribution >= 0.6 is 0 Å². The van der Waals surface area contributed by atoms with Crippen LogP contribution in [-0.2, 0) is 11.3 Å². The fourth-order valence-corrected chi connectivity index (χ4v) is 2.38. The van der Waals surface area contributed by atoms with Crippen LogP contribution < -0.4 is 10.1 Å². The van der Waals surface area contributed by atoms with Gasteiger partial charge in [0.05, 0.1) is 23.8 Å². The molecule has 0 saturated heterocycles. The zero-order valence-corrected chi connectivity index (χ0v) is 13.9.